The van der Waals surface area contributed by atoms with Crippen molar-refractivity contribution < 1.29 is 9.53 Å². The Morgan fingerprint density at radius 3 is 2.79 bits per heavy atom. The van der Waals surface area contributed by atoms with E-state index in [1.54, 1.807) is 7.11 Å². The molecule has 2 nitrogen and oxygen atoms in total. The third-order valence-corrected chi connectivity index (χ3v) is 2.25. The molecule has 0 saturated heterocycles. The van der Waals surface area contributed by atoms with Crippen LogP contribution in [0.3, 0.4) is 0 Å². The first-order valence-electron chi connectivity index (χ1n) is 4.85. The zero-order chi connectivity index (χ0) is 10.4. The third kappa shape index (κ3) is 2.87. The van der Waals surface area contributed by atoms with Gasteiger partial charge in [-0.05, 0) is 37.0 Å². The van der Waals surface area contributed by atoms with Crippen molar-refractivity contribution in [2.24, 2.45) is 0 Å². The summed E-state index contributed by atoms with van der Waals surface area (Å²) in [6.45, 7) is 2.03. The molecule has 1 aromatic carbocycles. The van der Waals surface area contributed by atoms with Crippen molar-refractivity contribution in [2.45, 2.75) is 26.2 Å². The molecule has 0 unspecified atom stereocenters. The molecule has 0 N–H and O–H groups in total. The van der Waals surface area contributed by atoms with E-state index in [0.717, 1.165) is 30.4 Å². The number of methoxy groups -OCH3 is 1. The average Bonchev–Trinajstić information content (AvgIpc) is 2.18. The quantitative estimate of drug-likeness (QED) is 0.529. The summed E-state index contributed by atoms with van der Waals surface area (Å²) in [5, 5.41) is 0. The summed E-state index contributed by atoms with van der Waals surface area (Å²) in [7, 11) is 1.67. The molecule has 2 heteroatoms. The minimum absolute atomic E-state index is 0.644. The first-order valence-corrected chi connectivity index (χ1v) is 4.85. The highest BCUT2D eigenvalue weighted by molar-refractivity contribution is 5.49. The van der Waals surface area contributed by atoms with Gasteiger partial charge in [-0.2, -0.15) is 0 Å². The maximum Gasteiger partial charge on any atom is 0.121 e. The van der Waals surface area contributed by atoms with Gasteiger partial charge in [0.25, 0.3) is 0 Å². The van der Waals surface area contributed by atoms with Crippen LogP contribution in [0, 0.1) is 6.92 Å². The molecule has 0 spiro atoms. The van der Waals surface area contributed by atoms with Crippen LogP contribution in [0.15, 0.2) is 18.2 Å². The van der Waals surface area contributed by atoms with Gasteiger partial charge in [-0.3, -0.25) is 0 Å². The molecule has 0 saturated carbocycles. The fourth-order valence-corrected chi connectivity index (χ4v) is 1.49. The molecule has 0 aromatic heterocycles. The van der Waals surface area contributed by atoms with Crippen LogP contribution in [-0.4, -0.2) is 13.4 Å². The van der Waals surface area contributed by atoms with Crippen molar-refractivity contribution in [3.8, 4) is 5.75 Å². The SMILES string of the molecule is COc1ccc(CCCC=O)cc1C. The minimum atomic E-state index is 0.644. The number of aldehydes is 1. The molecule has 0 heterocycles. The zero-order valence-corrected chi connectivity index (χ0v) is 8.75. The second-order valence-electron chi connectivity index (χ2n) is 3.36. The summed E-state index contributed by atoms with van der Waals surface area (Å²) in [6, 6.07) is 6.14. The topological polar surface area (TPSA) is 26.3 Å². The van der Waals surface area contributed by atoms with Gasteiger partial charge in [0.15, 0.2) is 0 Å². The third-order valence-electron chi connectivity index (χ3n) is 2.25. The molecule has 0 radical (unpaired) electrons. The van der Waals surface area contributed by atoms with Gasteiger partial charge in [-0.25, -0.2) is 0 Å². The maximum absolute atomic E-state index is 10.1. The predicted molar refractivity (Wildman–Crippen MR) is 56.7 cm³/mol. The lowest BCUT2D eigenvalue weighted by Gasteiger charge is -2.06. The summed E-state index contributed by atoms with van der Waals surface area (Å²) in [5.74, 6) is 0.920. The van der Waals surface area contributed by atoms with Crippen molar-refractivity contribution in [2.75, 3.05) is 7.11 Å². The van der Waals surface area contributed by atoms with Crippen molar-refractivity contribution in [1.29, 1.82) is 0 Å². The van der Waals surface area contributed by atoms with E-state index in [1.165, 1.54) is 5.56 Å². The monoisotopic (exact) mass is 192 g/mol. The standard InChI is InChI=1S/C12H16O2/c1-10-9-11(5-3-4-8-13)6-7-12(10)14-2/h6-9H,3-5H2,1-2H3. The van der Waals surface area contributed by atoms with Crippen molar-refractivity contribution >= 4 is 6.29 Å². The fourth-order valence-electron chi connectivity index (χ4n) is 1.49. The summed E-state index contributed by atoms with van der Waals surface area (Å²) in [5.41, 5.74) is 2.42. The Hall–Kier alpha value is -1.31. The van der Waals surface area contributed by atoms with Gasteiger partial charge in [0.05, 0.1) is 7.11 Å². The second-order valence-corrected chi connectivity index (χ2v) is 3.36. The van der Waals surface area contributed by atoms with Crippen LogP contribution in [0.4, 0.5) is 0 Å². The Morgan fingerprint density at radius 2 is 2.21 bits per heavy atom. The van der Waals surface area contributed by atoms with E-state index in [1.807, 2.05) is 13.0 Å². The van der Waals surface area contributed by atoms with Crippen LogP contribution in [0.5, 0.6) is 5.75 Å². The molecule has 0 amide bonds. The van der Waals surface area contributed by atoms with E-state index >= 15 is 0 Å². The van der Waals surface area contributed by atoms with Crippen molar-refractivity contribution in [3.63, 3.8) is 0 Å². The number of hydrogen-bond acceptors (Lipinski definition) is 2. The number of benzene rings is 1. The highest BCUT2D eigenvalue weighted by atomic mass is 16.5. The Balaban J connectivity index is 2.61. The van der Waals surface area contributed by atoms with Crippen LogP contribution in [-0.2, 0) is 11.2 Å². The van der Waals surface area contributed by atoms with E-state index in [0.29, 0.717) is 6.42 Å². The highest BCUT2D eigenvalue weighted by Gasteiger charge is 1.99. The van der Waals surface area contributed by atoms with Crippen LogP contribution in [0.1, 0.15) is 24.0 Å². The van der Waals surface area contributed by atoms with E-state index < -0.39 is 0 Å². The summed E-state index contributed by atoms with van der Waals surface area (Å²) >= 11 is 0. The molecule has 1 rings (SSSR count). The first-order chi connectivity index (χ1) is 6.77. The maximum atomic E-state index is 10.1. The fraction of sp³-hybridized carbons (Fsp3) is 0.417. The Labute approximate surface area is 84.9 Å². The molecule has 0 fully saturated rings. The molecule has 0 bridgehead atoms. The molecule has 1 aromatic rings. The molecular formula is C12H16O2. The number of carbonyl (C=O) groups is 1. The smallest absolute Gasteiger partial charge is 0.121 e. The molecule has 14 heavy (non-hydrogen) atoms. The van der Waals surface area contributed by atoms with E-state index in [9.17, 15) is 4.79 Å². The Morgan fingerprint density at radius 1 is 1.43 bits per heavy atom. The number of rotatable bonds is 5. The van der Waals surface area contributed by atoms with Gasteiger partial charge in [-0.1, -0.05) is 12.1 Å². The zero-order valence-electron chi connectivity index (χ0n) is 8.75. The van der Waals surface area contributed by atoms with Crippen LogP contribution < -0.4 is 4.74 Å². The van der Waals surface area contributed by atoms with Gasteiger partial charge in [-0.15, -0.1) is 0 Å². The molecule has 76 valence electrons. The lowest BCUT2D eigenvalue weighted by Crippen LogP contribution is -1.91. The molecular weight excluding hydrogens is 176 g/mol. The van der Waals surface area contributed by atoms with E-state index in [-0.39, 0.29) is 0 Å². The number of carbonyl (C=O) groups excluding carboxylic acids is 1. The predicted octanol–water partition coefficient (Wildman–Crippen LogP) is 2.53. The normalized spacial score (nSPS) is 9.86. The molecule has 0 aliphatic carbocycles. The Bertz CT molecular complexity index is 305. The first kappa shape index (κ1) is 10.8. The van der Waals surface area contributed by atoms with Gasteiger partial charge in [0.1, 0.15) is 12.0 Å². The summed E-state index contributed by atoms with van der Waals surface area (Å²) in [6.07, 6.45) is 3.50. The lowest BCUT2D eigenvalue weighted by molar-refractivity contribution is -0.107. The minimum Gasteiger partial charge on any atom is -0.496 e. The highest BCUT2D eigenvalue weighted by Crippen LogP contribution is 2.19. The van der Waals surface area contributed by atoms with Gasteiger partial charge in [0.2, 0.25) is 0 Å². The van der Waals surface area contributed by atoms with Crippen LogP contribution in [0.2, 0.25) is 0 Å². The summed E-state index contributed by atoms with van der Waals surface area (Å²) in [4.78, 5) is 10.1. The summed E-state index contributed by atoms with van der Waals surface area (Å²) < 4.78 is 5.17. The van der Waals surface area contributed by atoms with Crippen molar-refractivity contribution in [1.82, 2.24) is 0 Å². The van der Waals surface area contributed by atoms with E-state index in [4.69, 9.17) is 4.74 Å². The number of ether oxygens (including phenoxy) is 1. The van der Waals surface area contributed by atoms with Gasteiger partial charge in [0, 0.05) is 6.42 Å². The number of unbranched alkanes of at least 4 members (excludes halogenated alkanes) is 1. The van der Waals surface area contributed by atoms with Crippen LogP contribution in [0.25, 0.3) is 0 Å². The van der Waals surface area contributed by atoms with Gasteiger partial charge < -0.3 is 9.53 Å². The molecule has 0 atom stereocenters. The van der Waals surface area contributed by atoms with Crippen LogP contribution >= 0.6 is 0 Å². The number of hydrogen-bond donors (Lipinski definition) is 0. The average molecular weight is 192 g/mol. The van der Waals surface area contributed by atoms with Gasteiger partial charge >= 0.3 is 0 Å². The second kappa shape index (κ2) is 5.43. The Kier molecular flexibility index (Phi) is 4.17. The largest absolute Gasteiger partial charge is 0.496 e. The lowest BCUT2D eigenvalue weighted by atomic mass is 10.1. The molecule has 0 aliphatic rings. The molecule has 0 aliphatic heterocycles. The van der Waals surface area contributed by atoms with Crippen molar-refractivity contribution in [3.05, 3.63) is 29.3 Å². The van der Waals surface area contributed by atoms with E-state index in [2.05, 4.69) is 12.1 Å². The number of aryl methyl sites for hydroxylation is 2.